The normalized spacial score (nSPS) is 34.0. The van der Waals surface area contributed by atoms with Crippen molar-refractivity contribution in [2.45, 2.75) is 25.1 Å². The second kappa shape index (κ2) is 3.28. The maximum atomic E-state index is 10.4. The third-order valence-corrected chi connectivity index (χ3v) is 3.18. The van der Waals surface area contributed by atoms with Gasteiger partial charge >= 0.3 is 0 Å². The van der Waals surface area contributed by atoms with Crippen LogP contribution in [-0.4, -0.2) is 34.9 Å². The molecule has 2 atom stereocenters. The van der Waals surface area contributed by atoms with Crippen molar-refractivity contribution in [2.75, 3.05) is 12.3 Å². The van der Waals surface area contributed by atoms with E-state index >= 15 is 0 Å². The van der Waals surface area contributed by atoms with Gasteiger partial charge in [0.2, 0.25) is 6.41 Å². The number of amides is 1. The van der Waals surface area contributed by atoms with Gasteiger partial charge in [-0.15, -0.1) is 0 Å². The smallest absolute Gasteiger partial charge is 0.210 e. The fourth-order valence-corrected chi connectivity index (χ4v) is 2.15. The van der Waals surface area contributed by atoms with Crippen LogP contribution in [0.15, 0.2) is 0 Å². The molecule has 0 aliphatic carbocycles. The maximum absolute atomic E-state index is 10.4. The zero-order valence-electron chi connectivity index (χ0n) is 6.41. The Hall–Kier alpha value is -0.180. The number of carbonyl (C=O) groups excluding carboxylic acids is 1. The second-order valence-electron chi connectivity index (χ2n) is 2.80. The van der Waals surface area contributed by atoms with Crippen molar-refractivity contribution in [1.82, 2.24) is 4.90 Å². The van der Waals surface area contributed by atoms with Gasteiger partial charge in [-0.25, -0.2) is 0 Å². The van der Waals surface area contributed by atoms with E-state index < -0.39 is 0 Å². The van der Waals surface area contributed by atoms with Gasteiger partial charge in [0, 0.05) is 23.6 Å². The Morgan fingerprint density at radius 3 is 2.80 bits per heavy atom. The van der Waals surface area contributed by atoms with Crippen molar-refractivity contribution < 1.29 is 4.79 Å². The third kappa shape index (κ3) is 1.66. The van der Waals surface area contributed by atoms with Crippen molar-refractivity contribution in [1.29, 1.82) is 0 Å². The summed E-state index contributed by atoms with van der Waals surface area (Å²) in [4.78, 5) is 12.3. The van der Waals surface area contributed by atoms with Crippen molar-refractivity contribution in [3.05, 3.63) is 0 Å². The summed E-state index contributed by atoms with van der Waals surface area (Å²) in [7, 11) is 0. The molecule has 58 valence electrons. The molecule has 1 amide bonds. The maximum Gasteiger partial charge on any atom is 0.210 e. The van der Waals surface area contributed by atoms with Crippen LogP contribution in [0.25, 0.3) is 0 Å². The van der Waals surface area contributed by atoms with Crippen LogP contribution in [0.4, 0.5) is 0 Å². The molecule has 1 rings (SSSR count). The second-order valence-corrected chi connectivity index (χ2v) is 4.27. The number of hydrogen-bond acceptors (Lipinski definition) is 2. The van der Waals surface area contributed by atoms with Crippen LogP contribution in [0.2, 0.25) is 0 Å². The Labute approximate surface area is 66.0 Å². The molecule has 0 aromatic carbocycles. The average Bonchev–Trinajstić information content (AvgIpc) is 1.94. The van der Waals surface area contributed by atoms with E-state index in [4.69, 9.17) is 0 Å². The molecule has 0 aromatic rings. The lowest BCUT2D eigenvalue weighted by molar-refractivity contribution is -0.119. The quantitative estimate of drug-likeness (QED) is 0.531. The van der Waals surface area contributed by atoms with Crippen LogP contribution < -0.4 is 0 Å². The summed E-state index contributed by atoms with van der Waals surface area (Å²) in [6.07, 6.45) is 0.959. The van der Waals surface area contributed by atoms with Crippen molar-refractivity contribution in [2.24, 2.45) is 0 Å². The molecule has 1 aliphatic heterocycles. The first-order valence-electron chi connectivity index (χ1n) is 3.56. The van der Waals surface area contributed by atoms with Crippen molar-refractivity contribution >= 4 is 18.2 Å². The number of carbonyl (C=O) groups is 1. The molecule has 0 radical (unpaired) electrons. The molecule has 2 unspecified atom stereocenters. The standard InChI is InChI=1S/C7H13NOS/c1-6-4-10-7(2)3-8(6)5-9/h5-7H,3-4H2,1-2H3. The van der Waals surface area contributed by atoms with E-state index in [1.807, 2.05) is 16.7 Å². The predicted molar refractivity (Wildman–Crippen MR) is 44.2 cm³/mol. The Balaban J connectivity index is 2.45. The van der Waals surface area contributed by atoms with Crippen LogP contribution in [0.1, 0.15) is 13.8 Å². The van der Waals surface area contributed by atoms with E-state index in [0.29, 0.717) is 11.3 Å². The fraction of sp³-hybridized carbons (Fsp3) is 0.857. The lowest BCUT2D eigenvalue weighted by Gasteiger charge is -2.33. The van der Waals surface area contributed by atoms with Gasteiger partial charge in [-0.2, -0.15) is 11.8 Å². The van der Waals surface area contributed by atoms with Gasteiger partial charge in [-0.3, -0.25) is 4.79 Å². The van der Waals surface area contributed by atoms with Crippen LogP contribution in [0.3, 0.4) is 0 Å². The van der Waals surface area contributed by atoms with Gasteiger partial charge in [-0.05, 0) is 6.92 Å². The van der Waals surface area contributed by atoms with Gasteiger partial charge in [0.05, 0.1) is 0 Å². The monoisotopic (exact) mass is 159 g/mol. The highest BCUT2D eigenvalue weighted by molar-refractivity contribution is 8.00. The highest BCUT2D eigenvalue weighted by Gasteiger charge is 2.20. The lowest BCUT2D eigenvalue weighted by atomic mass is 10.3. The van der Waals surface area contributed by atoms with Crippen molar-refractivity contribution in [3.8, 4) is 0 Å². The van der Waals surface area contributed by atoms with Crippen LogP contribution >= 0.6 is 11.8 Å². The molecule has 10 heavy (non-hydrogen) atoms. The number of hydrogen-bond donors (Lipinski definition) is 0. The fourth-order valence-electron chi connectivity index (χ4n) is 1.08. The molecule has 1 saturated heterocycles. The van der Waals surface area contributed by atoms with Crippen molar-refractivity contribution in [3.63, 3.8) is 0 Å². The summed E-state index contributed by atoms with van der Waals surface area (Å²) in [6.45, 7) is 5.16. The summed E-state index contributed by atoms with van der Waals surface area (Å²) < 4.78 is 0. The Bertz CT molecular complexity index is 129. The summed E-state index contributed by atoms with van der Waals surface area (Å²) in [5, 5.41) is 0.612. The minimum absolute atomic E-state index is 0.429. The van der Waals surface area contributed by atoms with E-state index in [0.717, 1.165) is 18.7 Å². The zero-order valence-corrected chi connectivity index (χ0v) is 7.23. The van der Waals surface area contributed by atoms with Gasteiger partial charge < -0.3 is 4.90 Å². The molecule has 0 saturated carbocycles. The molecule has 1 heterocycles. The molecule has 0 spiro atoms. The van der Waals surface area contributed by atoms with E-state index in [-0.39, 0.29) is 0 Å². The average molecular weight is 159 g/mol. The van der Waals surface area contributed by atoms with Gasteiger partial charge in [0.25, 0.3) is 0 Å². The summed E-state index contributed by atoms with van der Waals surface area (Å²) >= 11 is 1.94. The molecule has 2 nitrogen and oxygen atoms in total. The zero-order chi connectivity index (χ0) is 7.56. The minimum atomic E-state index is 0.429. The van der Waals surface area contributed by atoms with E-state index in [1.165, 1.54) is 0 Å². The van der Waals surface area contributed by atoms with Gasteiger partial charge in [0.1, 0.15) is 0 Å². The molecule has 1 aliphatic rings. The third-order valence-electron chi connectivity index (χ3n) is 1.79. The van der Waals surface area contributed by atoms with E-state index in [2.05, 4.69) is 13.8 Å². The highest BCUT2D eigenvalue weighted by atomic mass is 32.2. The Morgan fingerprint density at radius 1 is 1.60 bits per heavy atom. The summed E-state index contributed by atoms with van der Waals surface area (Å²) in [5.74, 6) is 1.08. The molecular formula is C7H13NOS. The Morgan fingerprint density at radius 2 is 2.30 bits per heavy atom. The first kappa shape index (κ1) is 7.92. The SMILES string of the molecule is CC1CN(C=O)C(C)CS1. The van der Waals surface area contributed by atoms with Crippen LogP contribution in [0.5, 0.6) is 0 Å². The summed E-state index contributed by atoms with van der Waals surface area (Å²) in [5.41, 5.74) is 0. The summed E-state index contributed by atoms with van der Waals surface area (Å²) in [6, 6.07) is 0.429. The molecular weight excluding hydrogens is 146 g/mol. The van der Waals surface area contributed by atoms with E-state index in [9.17, 15) is 4.79 Å². The molecule has 0 aromatic heterocycles. The lowest BCUT2D eigenvalue weighted by Crippen LogP contribution is -2.42. The predicted octanol–water partition coefficient (Wildman–Crippen LogP) is 0.969. The molecule has 0 N–H and O–H groups in total. The number of rotatable bonds is 1. The highest BCUT2D eigenvalue weighted by Crippen LogP contribution is 2.20. The molecule has 0 bridgehead atoms. The molecule has 1 fully saturated rings. The number of nitrogens with zero attached hydrogens (tertiary/aromatic N) is 1. The van der Waals surface area contributed by atoms with Gasteiger partial charge in [0.15, 0.2) is 0 Å². The van der Waals surface area contributed by atoms with Crippen LogP contribution in [-0.2, 0) is 4.79 Å². The van der Waals surface area contributed by atoms with Crippen LogP contribution in [0, 0.1) is 0 Å². The van der Waals surface area contributed by atoms with Gasteiger partial charge in [-0.1, -0.05) is 6.92 Å². The Kier molecular flexibility index (Phi) is 2.60. The largest absolute Gasteiger partial charge is 0.341 e. The first-order valence-corrected chi connectivity index (χ1v) is 4.61. The van der Waals surface area contributed by atoms with E-state index in [1.54, 1.807) is 0 Å². The molecule has 3 heteroatoms. The topological polar surface area (TPSA) is 20.3 Å². The number of thioether (sulfide) groups is 1. The first-order chi connectivity index (χ1) is 4.74. The minimum Gasteiger partial charge on any atom is -0.341 e.